The second kappa shape index (κ2) is 5.69. The van der Waals surface area contributed by atoms with E-state index in [1.165, 1.54) is 19.4 Å². The normalized spacial score (nSPS) is 30.2. The fourth-order valence-electron chi connectivity index (χ4n) is 2.30. The molecule has 1 unspecified atom stereocenters. The van der Waals surface area contributed by atoms with E-state index in [0.717, 1.165) is 26.1 Å². The van der Waals surface area contributed by atoms with Crippen molar-refractivity contribution in [3.05, 3.63) is 0 Å². The van der Waals surface area contributed by atoms with Gasteiger partial charge >= 0.3 is 0 Å². The molecule has 0 aromatic heterocycles. The smallest absolute Gasteiger partial charge is 0.0818 e. The Kier molecular flexibility index (Phi) is 4.85. The Morgan fingerprint density at radius 1 is 1.36 bits per heavy atom. The highest BCUT2D eigenvalue weighted by Gasteiger charge is 2.31. The van der Waals surface area contributed by atoms with E-state index in [1.54, 1.807) is 0 Å². The highest BCUT2D eigenvalue weighted by atomic mass is 16.5. The molecule has 0 aliphatic carbocycles. The van der Waals surface area contributed by atoms with Crippen LogP contribution in [0.3, 0.4) is 0 Å². The molecular formula is C11H24N2O. The zero-order valence-corrected chi connectivity index (χ0v) is 9.81. The molecule has 1 rings (SSSR count). The lowest BCUT2D eigenvalue weighted by Crippen LogP contribution is -2.42. The average Bonchev–Trinajstić information content (AvgIpc) is 2.31. The summed E-state index contributed by atoms with van der Waals surface area (Å²) in [6.07, 6.45) is 3.59. The van der Waals surface area contributed by atoms with E-state index in [0.29, 0.717) is 0 Å². The second-order valence-electron chi connectivity index (χ2n) is 4.30. The van der Waals surface area contributed by atoms with E-state index in [1.807, 2.05) is 7.05 Å². The summed E-state index contributed by atoms with van der Waals surface area (Å²) in [4.78, 5) is 2.40. The van der Waals surface area contributed by atoms with Crippen molar-refractivity contribution in [2.45, 2.75) is 31.8 Å². The molecule has 0 spiro atoms. The van der Waals surface area contributed by atoms with Crippen LogP contribution in [0.5, 0.6) is 0 Å². The number of nitrogens with zero attached hydrogens (tertiary/aromatic N) is 1. The minimum absolute atomic E-state index is 0.0915. The Labute approximate surface area is 87.8 Å². The third-order valence-corrected chi connectivity index (χ3v) is 3.07. The lowest BCUT2D eigenvalue weighted by Gasteiger charge is -2.32. The molecule has 1 fully saturated rings. The van der Waals surface area contributed by atoms with E-state index < -0.39 is 0 Å². The van der Waals surface area contributed by atoms with Gasteiger partial charge in [0.25, 0.3) is 0 Å². The molecule has 0 saturated carbocycles. The number of rotatable bonds is 4. The molecule has 1 N–H and O–H groups in total. The van der Waals surface area contributed by atoms with Gasteiger partial charge in [-0.2, -0.15) is 0 Å². The van der Waals surface area contributed by atoms with Gasteiger partial charge < -0.3 is 15.0 Å². The molecule has 0 bridgehead atoms. The molecule has 1 heterocycles. The van der Waals surface area contributed by atoms with Crippen molar-refractivity contribution in [2.24, 2.45) is 0 Å². The van der Waals surface area contributed by atoms with Gasteiger partial charge in [-0.05, 0) is 46.8 Å². The van der Waals surface area contributed by atoms with E-state index >= 15 is 0 Å². The van der Waals surface area contributed by atoms with E-state index in [4.69, 9.17) is 4.74 Å². The maximum Gasteiger partial charge on any atom is 0.0818 e. The van der Waals surface area contributed by atoms with E-state index in [2.05, 4.69) is 24.2 Å². The van der Waals surface area contributed by atoms with Crippen molar-refractivity contribution >= 4 is 0 Å². The number of hydrogen-bond donors (Lipinski definition) is 1. The van der Waals surface area contributed by atoms with Crippen molar-refractivity contribution in [3.8, 4) is 0 Å². The summed E-state index contributed by atoms with van der Waals surface area (Å²) in [6, 6.07) is 0. The molecule has 0 amide bonds. The molecule has 1 aliphatic heterocycles. The van der Waals surface area contributed by atoms with Gasteiger partial charge in [0.15, 0.2) is 0 Å². The summed E-state index contributed by atoms with van der Waals surface area (Å²) in [6.45, 7) is 6.26. The van der Waals surface area contributed by atoms with E-state index in [-0.39, 0.29) is 5.60 Å². The molecule has 1 aliphatic rings. The zero-order valence-electron chi connectivity index (χ0n) is 9.81. The van der Waals surface area contributed by atoms with Crippen molar-refractivity contribution in [2.75, 3.05) is 40.3 Å². The Hall–Kier alpha value is -0.120. The Bertz CT molecular complexity index is 155. The first-order chi connectivity index (χ1) is 6.72. The maximum absolute atomic E-state index is 5.95. The van der Waals surface area contributed by atoms with Gasteiger partial charge in [0.05, 0.1) is 5.60 Å². The number of hydrogen-bond acceptors (Lipinski definition) is 3. The quantitative estimate of drug-likeness (QED) is 0.735. The summed E-state index contributed by atoms with van der Waals surface area (Å²) in [5.41, 5.74) is 0.0915. The standard InChI is InChI=1S/C11H24N2O/c1-4-14-11(10-12-2)6-5-8-13(3)9-7-11/h12H,4-10H2,1-3H3. The summed E-state index contributed by atoms with van der Waals surface area (Å²) in [7, 11) is 4.21. The van der Waals surface area contributed by atoms with Crippen LogP contribution in [0.2, 0.25) is 0 Å². The number of nitrogens with one attached hydrogen (secondary N) is 1. The van der Waals surface area contributed by atoms with E-state index in [9.17, 15) is 0 Å². The molecule has 3 heteroatoms. The predicted octanol–water partition coefficient (Wildman–Crippen LogP) is 1.10. The van der Waals surface area contributed by atoms with Gasteiger partial charge in [-0.15, -0.1) is 0 Å². The summed E-state index contributed by atoms with van der Waals surface area (Å²) < 4.78 is 5.95. The first-order valence-electron chi connectivity index (χ1n) is 5.69. The Morgan fingerprint density at radius 3 is 2.79 bits per heavy atom. The molecule has 3 nitrogen and oxygen atoms in total. The van der Waals surface area contributed by atoms with Crippen LogP contribution in [0.4, 0.5) is 0 Å². The van der Waals surface area contributed by atoms with Gasteiger partial charge in [-0.1, -0.05) is 0 Å². The van der Waals surface area contributed by atoms with Crippen LogP contribution < -0.4 is 5.32 Å². The number of likely N-dealkylation sites (tertiary alicyclic amines) is 1. The van der Waals surface area contributed by atoms with Gasteiger partial charge in [-0.25, -0.2) is 0 Å². The Morgan fingerprint density at radius 2 is 2.14 bits per heavy atom. The fourth-order valence-corrected chi connectivity index (χ4v) is 2.30. The lowest BCUT2D eigenvalue weighted by atomic mass is 9.94. The summed E-state index contributed by atoms with van der Waals surface area (Å²) in [5.74, 6) is 0. The zero-order chi connectivity index (χ0) is 10.4. The third kappa shape index (κ3) is 3.23. The summed E-state index contributed by atoms with van der Waals surface area (Å²) >= 11 is 0. The van der Waals surface area contributed by atoms with Gasteiger partial charge in [0, 0.05) is 19.7 Å². The van der Waals surface area contributed by atoms with Crippen molar-refractivity contribution in [1.82, 2.24) is 10.2 Å². The van der Waals surface area contributed by atoms with Gasteiger partial charge in [0.1, 0.15) is 0 Å². The number of ether oxygens (including phenoxy) is 1. The number of likely N-dealkylation sites (N-methyl/N-ethyl adjacent to an activating group) is 1. The largest absolute Gasteiger partial charge is 0.374 e. The SMILES string of the molecule is CCOC1(CNC)CCCN(C)CC1. The maximum atomic E-state index is 5.95. The molecule has 14 heavy (non-hydrogen) atoms. The van der Waals surface area contributed by atoms with Gasteiger partial charge in [-0.3, -0.25) is 0 Å². The minimum Gasteiger partial charge on any atom is -0.374 e. The average molecular weight is 200 g/mol. The Balaban J connectivity index is 2.55. The van der Waals surface area contributed by atoms with Crippen LogP contribution in [0.15, 0.2) is 0 Å². The molecule has 0 aromatic carbocycles. The van der Waals surface area contributed by atoms with Crippen LogP contribution >= 0.6 is 0 Å². The first-order valence-corrected chi connectivity index (χ1v) is 5.69. The van der Waals surface area contributed by atoms with Crippen molar-refractivity contribution in [1.29, 1.82) is 0 Å². The highest BCUT2D eigenvalue weighted by molar-refractivity contribution is 4.86. The fraction of sp³-hybridized carbons (Fsp3) is 1.00. The second-order valence-corrected chi connectivity index (χ2v) is 4.30. The van der Waals surface area contributed by atoms with Crippen LogP contribution in [0.25, 0.3) is 0 Å². The molecule has 1 saturated heterocycles. The summed E-state index contributed by atoms with van der Waals surface area (Å²) in [5, 5.41) is 3.26. The van der Waals surface area contributed by atoms with Crippen LogP contribution in [-0.4, -0.2) is 50.8 Å². The van der Waals surface area contributed by atoms with Crippen LogP contribution in [-0.2, 0) is 4.74 Å². The van der Waals surface area contributed by atoms with Crippen LogP contribution in [0, 0.1) is 0 Å². The topological polar surface area (TPSA) is 24.5 Å². The minimum atomic E-state index is 0.0915. The molecule has 84 valence electrons. The molecule has 1 atom stereocenters. The van der Waals surface area contributed by atoms with Crippen molar-refractivity contribution in [3.63, 3.8) is 0 Å². The molecule has 0 radical (unpaired) electrons. The van der Waals surface area contributed by atoms with Crippen molar-refractivity contribution < 1.29 is 4.74 Å². The van der Waals surface area contributed by atoms with Crippen LogP contribution in [0.1, 0.15) is 26.2 Å². The highest BCUT2D eigenvalue weighted by Crippen LogP contribution is 2.25. The first kappa shape index (κ1) is 12.0. The molecular weight excluding hydrogens is 176 g/mol. The predicted molar refractivity (Wildman–Crippen MR) is 59.6 cm³/mol. The molecule has 0 aromatic rings. The lowest BCUT2D eigenvalue weighted by molar-refractivity contribution is -0.0466. The van der Waals surface area contributed by atoms with Gasteiger partial charge in [0.2, 0.25) is 0 Å². The monoisotopic (exact) mass is 200 g/mol. The third-order valence-electron chi connectivity index (χ3n) is 3.07.